The van der Waals surface area contributed by atoms with Crippen molar-refractivity contribution in [2.24, 2.45) is 0 Å². The lowest BCUT2D eigenvalue weighted by atomic mass is 10.1. The molecule has 0 saturated carbocycles. The Bertz CT molecular complexity index is 1280. The Kier molecular flexibility index (Phi) is 11.9. The van der Waals surface area contributed by atoms with E-state index in [0.29, 0.717) is 28.3 Å². The molecule has 0 aromatic carbocycles. The van der Waals surface area contributed by atoms with Crippen molar-refractivity contribution in [1.82, 2.24) is 29.6 Å². The highest BCUT2D eigenvalue weighted by Gasteiger charge is 2.37. The van der Waals surface area contributed by atoms with Crippen LogP contribution in [0.15, 0.2) is 54.1 Å². The second-order valence-electron chi connectivity index (χ2n) is 7.95. The van der Waals surface area contributed by atoms with Gasteiger partial charge in [-0.3, -0.25) is 9.78 Å². The largest absolute Gasteiger partial charge is 0.451 e. The van der Waals surface area contributed by atoms with Crippen molar-refractivity contribution >= 4 is 17.9 Å². The predicted molar refractivity (Wildman–Crippen MR) is 142 cm³/mol. The molecular formula is C27H28F3N7OS. The van der Waals surface area contributed by atoms with Gasteiger partial charge in [-0.15, -0.1) is 12.8 Å². The Morgan fingerprint density at radius 1 is 1.13 bits per heavy atom. The summed E-state index contributed by atoms with van der Waals surface area (Å²) in [6.45, 7) is 6.28. The first-order chi connectivity index (χ1) is 18.7. The van der Waals surface area contributed by atoms with Crippen molar-refractivity contribution in [3.05, 3.63) is 66.0 Å². The van der Waals surface area contributed by atoms with Crippen molar-refractivity contribution in [3.8, 4) is 30.2 Å². The summed E-state index contributed by atoms with van der Waals surface area (Å²) in [6, 6.07) is 8.69. The summed E-state index contributed by atoms with van der Waals surface area (Å²) < 4.78 is 40.1. The zero-order chi connectivity index (χ0) is 29.0. The number of rotatable bonds is 6. The molecule has 1 saturated heterocycles. The quantitative estimate of drug-likeness (QED) is 0.324. The van der Waals surface area contributed by atoms with Gasteiger partial charge in [0.15, 0.2) is 0 Å². The molecule has 3 aromatic rings. The molecule has 4 rings (SSSR count). The molecule has 1 fully saturated rings. The number of nitriles is 1. The molecule has 4 heterocycles. The first-order valence-corrected chi connectivity index (χ1v) is 12.8. The average Bonchev–Trinajstić information content (AvgIpc) is 3.33. The van der Waals surface area contributed by atoms with Crippen molar-refractivity contribution in [3.63, 3.8) is 0 Å². The number of carbonyl (C=O) groups is 1. The molecule has 0 radical (unpaired) electrons. The fourth-order valence-corrected chi connectivity index (χ4v) is 4.68. The van der Waals surface area contributed by atoms with E-state index in [1.165, 1.54) is 24.3 Å². The van der Waals surface area contributed by atoms with Crippen LogP contribution in [0.4, 0.5) is 13.2 Å². The predicted octanol–water partition coefficient (Wildman–Crippen LogP) is 5.28. The third-order valence-electron chi connectivity index (χ3n) is 5.46. The van der Waals surface area contributed by atoms with Gasteiger partial charge in [0.2, 0.25) is 11.7 Å². The second-order valence-corrected chi connectivity index (χ2v) is 8.97. The number of aromatic nitrogens is 4. The second kappa shape index (κ2) is 14.8. The maximum atomic E-state index is 13.0. The summed E-state index contributed by atoms with van der Waals surface area (Å²) in [6.07, 6.45) is 10.1. The van der Waals surface area contributed by atoms with Crippen LogP contribution in [0, 0.1) is 24.2 Å². The molecule has 0 aliphatic carbocycles. The first-order valence-electron chi connectivity index (χ1n) is 12.0. The normalized spacial score (nSPS) is 16.6. The molecule has 0 spiro atoms. The SMILES string of the molecule is C#C.CC.C[C@H]1CC[C@@H](C(=O)NCc2ccnc(-c3cnc(C(F)(F)F)nc3)c2)N1Sc1ccc(C#N)cn1. The number of carbonyl (C=O) groups excluding carboxylic acids is 1. The Hall–Kier alpha value is -4.00. The number of alkyl halides is 3. The molecule has 39 heavy (non-hydrogen) atoms. The third-order valence-corrected chi connectivity index (χ3v) is 6.71. The smallest absolute Gasteiger partial charge is 0.351 e. The summed E-state index contributed by atoms with van der Waals surface area (Å²) >= 11 is 1.39. The summed E-state index contributed by atoms with van der Waals surface area (Å²) in [5, 5.41) is 12.6. The van der Waals surface area contributed by atoms with Gasteiger partial charge in [0.1, 0.15) is 11.1 Å². The number of amides is 1. The minimum atomic E-state index is -4.61. The molecule has 2 atom stereocenters. The Morgan fingerprint density at radius 3 is 2.41 bits per heavy atom. The minimum Gasteiger partial charge on any atom is -0.351 e. The highest BCUT2D eigenvalue weighted by molar-refractivity contribution is 7.97. The van der Waals surface area contributed by atoms with Crippen molar-refractivity contribution in [1.29, 1.82) is 5.26 Å². The van der Waals surface area contributed by atoms with E-state index >= 15 is 0 Å². The van der Waals surface area contributed by atoms with Crippen molar-refractivity contribution < 1.29 is 18.0 Å². The molecule has 0 unspecified atom stereocenters. The van der Waals surface area contributed by atoms with Gasteiger partial charge >= 0.3 is 6.18 Å². The molecule has 1 N–H and O–H groups in total. The Morgan fingerprint density at radius 2 is 1.82 bits per heavy atom. The summed E-state index contributed by atoms with van der Waals surface area (Å²) in [4.78, 5) is 28.2. The van der Waals surface area contributed by atoms with E-state index in [1.54, 1.807) is 24.3 Å². The monoisotopic (exact) mass is 555 g/mol. The van der Waals surface area contributed by atoms with Crippen LogP contribution in [0.25, 0.3) is 11.3 Å². The maximum absolute atomic E-state index is 13.0. The van der Waals surface area contributed by atoms with E-state index < -0.39 is 12.0 Å². The van der Waals surface area contributed by atoms with E-state index in [1.807, 2.05) is 31.1 Å². The minimum absolute atomic E-state index is 0.133. The highest BCUT2D eigenvalue weighted by atomic mass is 32.2. The van der Waals surface area contributed by atoms with Gasteiger partial charge in [-0.2, -0.15) is 18.4 Å². The van der Waals surface area contributed by atoms with E-state index in [9.17, 15) is 18.0 Å². The zero-order valence-electron chi connectivity index (χ0n) is 21.7. The number of hydrogen-bond acceptors (Lipinski definition) is 8. The Labute approximate surface area is 230 Å². The van der Waals surface area contributed by atoms with Crippen LogP contribution < -0.4 is 5.32 Å². The van der Waals surface area contributed by atoms with Crippen LogP contribution in [0.2, 0.25) is 0 Å². The van der Waals surface area contributed by atoms with Gasteiger partial charge < -0.3 is 5.32 Å². The topological polar surface area (TPSA) is 108 Å². The van der Waals surface area contributed by atoms with E-state index in [-0.39, 0.29) is 24.5 Å². The molecule has 12 heteroatoms. The number of nitrogens with zero attached hydrogens (tertiary/aromatic N) is 6. The van der Waals surface area contributed by atoms with Gasteiger partial charge in [-0.25, -0.2) is 19.3 Å². The molecule has 3 aromatic heterocycles. The van der Waals surface area contributed by atoms with E-state index in [0.717, 1.165) is 24.4 Å². The fraction of sp³-hybridized carbons (Fsp3) is 0.333. The van der Waals surface area contributed by atoms with Crippen LogP contribution >= 0.6 is 11.9 Å². The van der Waals surface area contributed by atoms with E-state index in [4.69, 9.17) is 5.26 Å². The van der Waals surface area contributed by atoms with Crippen LogP contribution in [0.5, 0.6) is 0 Å². The molecule has 8 nitrogen and oxygen atoms in total. The first kappa shape index (κ1) is 31.2. The van der Waals surface area contributed by atoms with Gasteiger partial charge in [0, 0.05) is 42.9 Å². The average molecular weight is 556 g/mol. The molecule has 204 valence electrons. The van der Waals surface area contributed by atoms with Crippen LogP contribution in [-0.4, -0.2) is 42.2 Å². The molecule has 0 bridgehead atoms. The lowest BCUT2D eigenvalue weighted by molar-refractivity contribution is -0.145. The Balaban J connectivity index is 0.00000127. The standard InChI is InChI=1S/C23H20F3N7OS.C2H6.C2H2/c1-14-2-4-19(33(14)35-20-5-3-16(9-27)11-29-20)21(34)30-10-15-6-7-28-18(8-15)17-12-31-22(32-13-17)23(24,25)26;2*1-2/h3,5-8,11-14,19H,2,4,10H2,1H3,(H,30,34);1-2H3;1-2H/t14-,19-;;/m0../s1. The van der Waals surface area contributed by atoms with Crippen LogP contribution in [0.1, 0.15) is 50.6 Å². The van der Waals surface area contributed by atoms with Gasteiger partial charge in [0.25, 0.3) is 0 Å². The zero-order valence-corrected chi connectivity index (χ0v) is 22.5. The van der Waals surface area contributed by atoms with Gasteiger partial charge in [-0.05, 0) is 61.5 Å². The number of hydrogen-bond donors (Lipinski definition) is 1. The third kappa shape index (κ3) is 8.50. The highest BCUT2D eigenvalue weighted by Crippen LogP contribution is 2.34. The van der Waals surface area contributed by atoms with Crippen molar-refractivity contribution in [2.45, 2.75) is 63.4 Å². The number of halogens is 3. The molecule has 1 amide bonds. The number of pyridine rings is 2. The molecular weight excluding hydrogens is 527 g/mol. The van der Waals surface area contributed by atoms with Crippen LogP contribution in [0.3, 0.4) is 0 Å². The summed E-state index contributed by atoms with van der Waals surface area (Å²) in [7, 11) is 0. The molecule has 1 aliphatic rings. The number of nitrogens with one attached hydrogen (secondary N) is 1. The summed E-state index contributed by atoms with van der Waals surface area (Å²) in [5.41, 5.74) is 1.96. The lowest BCUT2D eigenvalue weighted by Gasteiger charge is -2.25. The van der Waals surface area contributed by atoms with Gasteiger partial charge in [0.05, 0.1) is 17.3 Å². The van der Waals surface area contributed by atoms with E-state index in [2.05, 4.69) is 38.1 Å². The van der Waals surface area contributed by atoms with Crippen LogP contribution in [-0.2, 0) is 17.5 Å². The maximum Gasteiger partial charge on any atom is 0.451 e. The summed E-state index contributed by atoms with van der Waals surface area (Å²) in [5.74, 6) is -1.35. The number of terminal acetylenes is 1. The van der Waals surface area contributed by atoms with Gasteiger partial charge in [-0.1, -0.05) is 13.8 Å². The lowest BCUT2D eigenvalue weighted by Crippen LogP contribution is -2.41. The molecule has 1 aliphatic heterocycles. The fourth-order valence-electron chi connectivity index (χ4n) is 3.63. The van der Waals surface area contributed by atoms with Crippen molar-refractivity contribution in [2.75, 3.05) is 0 Å².